The highest BCUT2D eigenvalue weighted by Crippen LogP contribution is 2.33. The molecule has 3 heterocycles. The molecular weight excluding hydrogens is 504 g/mol. The van der Waals surface area contributed by atoms with E-state index in [1.165, 1.54) is 12.4 Å². The fourth-order valence-electron chi connectivity index (χ4n) is 4.37. The zero-order valence-corrected chi connectivity index (χ0v) is 21.7. The number of likely N-dealkylation sites (tertiary alicyclic amines) is 1. The number of ether oxygens (including phenoxy) is 1. The number of nitrogens with one attached hydrogen (secondary N) is 1. The van der Waals surface area contributed by atoms with Crippen LogP contribution in [0.25, 0.3) is 10.9 Å². The van der Waals surface area contributed by atoms with Gasteiger partial charge in [-0.2, -0.15) is 0 Å². The summed E-state index contributed by atoms with van der Waals surface area (Å²) in [6.07, 6.45) is 5.08. The fourth-order valence-corrected chi connectivity index (χ4v) is 4.60. The molecule has 0 amide bonds. The van der Waals surface area contributed by atoms with Gasteiger partial charge in [0.15, 0.2) is 0 Å². The Morgan fingerprint density at radius 2 is 2.08 bits per heavy atom. The molecule has 1 saturated heterocycles. The van der Waals surface area contributed by atoms with Crippen LogP contribution in [0.2, 0.25) is 5.02 Å². The number of pyridine rings is 1. The molecule has 0 saturated carbocycles. The van der Waals surface area contributed by atoms with Crippen molar-refractivity contribution in [3.05, 3.63) is 87.4 Å². The molecule has 0 aliphatic carbocycles. The molecule has 1 aliphatic rings. The number of benzene rings is 2. The lowest BCUT2D eigenvalue weighted by atomic mass is 9.99. The Labute approximate surface area is 225 Å². The Balaban J connectivity index is 1.42. The van der Waals surface area contributed by atoms with Crippen LogP contribution in [0.3, 0.4) is 0 Å². The van der Waals surface area contributed by atoms with Gasteiger partial charge in [0.1, 0.15) is 30.1 Å². The predicted molar refractivity (Wildman–Crippen MR) is 147 cm³/mol. The van der Waals surface area contributed by atoms with Crippen molar-refractivity contribution in [2.24, 2.45) is 0 Å². The minimum absolute atomic E-state index is 0.0941. The van der Waals surface area contributed by atoms with Gasteiger partial charge in [0, 0.05) is 23.3 Å². The third-order valence-corrected chi connectivity index (χ3v) is 7.01. The van der Waals surface area contributed by atoms with Crippen molar-refractivity contribution >= 4 is 39.7 Å². The van der Waals surface area contributed by atoms with Gasteiger partial charge >= 0.3 is 0 Å². The van der Waals surface area contributed by atoms with Crippen molar-refractivity contribution in [3.8, 4) is 17.6 Å². The number of fused-ring (bicyclic) bond motifs is 1. The lowest BCUT2D eigenvalue weighted by Gasteiger charge is -2.26. The molecule has 4 aromatic rings. The Hall–Kier alpha value is -4.26. The first-order chi connectivity index (χ1) is 18.3. The van der Waals surface area contributed by atoms with Crippen molar-refractivity contribution in [1.29, 1.82) is 0 Å². The molecule has 0 spiro atoms. The number of anilines is 2. The van der Waals surface area contributed by atoms with Crippen molar-refractivity contribution in [1.82, 2.24) is 19.9 Å². The van der Waals surface area contributed by atoms with E-state index in [2.05, 4.69) is 43.9 Å². The molecule has 2 aromatic heterocycles. The molecule has 1 fully saturated rings. The van der Waals surface area contributed by atoms with E-state index < -0.39 is 4.92 Å². The zero-order valence-electron chi connectivity index (χ0n) is 20.9. The summed E-state index contributed by atoms with van der Waals surface area (Å²) < 4.78 is 5.79. The van der Waals surface area contributed by atoms with Gasteiger partial charge < -0.3 is 10.1 Å². The molecule has 0 bridgehead atoms. The molecule has 2 aromatic carbocycles. The van der Waals surface area contributed by atoms with E-state index in [0.29, 0.717) is 38.7 Å². The maximum atomic E-state index is 12.0. The first-order valence-electron chi connectivity index (χ1n) is 12.1. The van der Waals surface area contributed by atoms with Gasteiger partial charge in [-0.3, -0.25) is 20.0 Å². The van der Waals surface area contributed by atoms with E-state index in [9.17, 15) is 10.1 Å². The van der Waals surface area contributed by atoms with Gasteiger partial charge in [-0.05, 0) is 69.8 Å². The molecule has 10 heteroatoms. The zero-order chi connectivity index (χ0) is 26.7. The first kappa shape index (κ1) is 25.4. The lowest BCUT2D eigenvalue weighted by Crippen LogP contribution is -2.36. The summed E-state index contributed by atoms with van der Waals surface area (Å²) in [4.78, 5) is 26.6. The van der Waals surface area contributed by atoms with Crippen LogP contribution in [0, 0.1) is 22.0 Å². The SMILES string of the molecule is CN1CCC[C@]1(C)C#Cc1cc2ncnc(Nc3ccc(OCc4ccccn4)c(Cl)c3)c2cc1[N+](=O)[O-]. The monoisotopic (exact) mass is 528 g/mol. The Kier molecular flexibility index (Phi) is 7.09. The molecular formula is C28H25ClN6O3. The summed E-state index contributed by atoms with van der Waals surface area (Å²) in [5.74, 6) is 7.23. The van der Waals surface area contributed by atoms with E-state index in [-0.39, 0.29) is 17.8 Å². The predicted octanol–water partition coefficient (Wildman–Crippen LogP) is 5.74. The standard InChI is InChI=1S/C28H25ClN6O3/c1-28(10-5-13-34(28)2)11-9-19-14-24-22(16-25(19)35(36)37)27(32-18-31-24)33-20-7-8-26(23(29)15-20)38-17-21-6-3-4-12-30-21/h3-4,6-8,12,14-16,18H,5,10,13,17H2,1-2H3,(H,31,32,33)/t28-/m1/s1. The molecule has 192 valence electrons. The molecule has 1 atom stereocenters. The average molecular weight is 529 g/mol. The summed E-state index contributed by atoms with van der Waals surface area (Å²) in [5.41, 5.74) is 1.89. The van der Waals surface area contributed by atoms with Crippen LogP contribution in [0.4, 0.5) is 17.2 Å². The third kappa shape index (κ3) is 5.37. The lowest BCUT2D eigenvalue weighted by molar-refractivity contribution is -0.385. The van der Waals surface area contributed by atoms with Gasteiger partial charge in [-0.15, -0.1) is 0 Å². The van der Waals surface area contributed by atoms with Gasteiger partial charge in [-0.25, -0.2) is 9.97 Å². The number of hydrogen-bond donors (Lipinski definition) is 1. The topological polar surface area (TPSA) is 106 Å². The summed E-state index contributed by atoms with van der Waals surface area (Å²) in [6.45, 7) is 3.30. The average Bonchev–Trinajstić information content (AvgIpc) is 3.25. The van der Waals surface area contributed by atoms with E-state index in [4.69, 9.17) is 16.3 Å². The number of halogens is 1. The number of nitro benzene ring substituents is 1. The third-order valence-electron chi connectivity index (χ3n) is 6.71. The van der Waals surface area contributed by atoms with Gasteiger partial charge in [-0.1, -0.05) is 29.5 Å². The minimum Gasteiger partial charge on any atom is -0.486 e. The second kappa shape index (κ2) is 10.6. The Morgan fingerprint density at radius 3 is 2.79 bits per heavy atom. The van der Waals surface area contributed by atoms with Crippen LogP contribution in [0.15, 0.2) is 61.1 Å². The number of rotatable bonds is 6. The van der Waals surface area contributed by atoms with Gasteiger partial charge in [0.25, 0.3) is 5.69 Å². The highest BCUT2D eigenvalue weighted by molar-refractivity contribution is 6.32. The number of hydrogen-bond acceptors (Lipinski definition) is 8. The van der Waals surface area contributed by atoms with Crippen molar-refractivity contribution in [2.75, 3.05) is 18.9 Å². The molecule has 0 unspecified atom stereocenters. The number of nitro groups is 1. The molecule has 9 nitrogen and oxygen atoms in total. The second-order valence-corrected chi connectivity index (χ2v) is 9.70. The molecule has 5 rings (SSSR count). The smallest absolute Gasteiger partial charge is 0.285 e. The molecule has 1 aliphatic heterocycles. The Morgan fingerprint density at radius 1 is 1.21 bits per heavy atom. The van der Waals surface area contributed by atoms with Gasteiger partial charge in [0.05, 0.1) is 26.7 Å². The van der Waals surface area contributed by atoms with Crippen LogP contribution >= 0.6 is 11.6 Å². The summed E-state index contributed by atoms with van der Waals surface area (Å²) in [5, 5.41) is 16.0. The maximum absolute atomic E-state index is 12.0. The van der Waals surface area contributed by atoms with Crippen LogP contribution in [-0.4, -0.2) is 43.9 Å². The first-order valence-corrected chi connectivity index (χ1v) is 12.5. The summed E-state index contributed by atoms with van der Waals surface area (Å²) in [6, 6.07) is 14.0. The van der Waals surface area contributed by atoms with Crippen molar-refractivity contribution in [3.63, 3.8) is 0 Å². The van der Waals surface area contributed by atoms with E-state index in [1.54, 1.807) is 30.5 Å². The number of nitrogens with zero attached hydrogens (tertiary/aromatic N) is 5. The van der Waals surface area contributed by atoms with Crippen LogP contribution in [-0.2, 0) is 6.61 Å². The van der Waals surface area contributed by atoms with Crippen molar-refractivity contribution in [2.45, 2.75) is 31.9 Å². The highest BCUT2D eigenvalue weighted by Gasteiger charge is 2.32. The molecule has 38 heavy (non-hydrogen) atoms. The summed E-state index contributed by atoms with van der Waals surface area (Å²) in [7, 11) is 2.02. The van der Waals surface area contributed by atoms with Gasteiger partial charge in [0.2, 0.25) is 0 Å². The van der Waals surface area contributed by atoms with Crippen LogP contribution in [0.5, 0.6) is 5.75 Å². The Bertz CT molecular complexity index is 1570. The van der Waals surface area contributed by atoms with Crippen molar-refractivity contribution < 1.29 is 9.66 Å². The highest BCUT2D eigenvalue weighted by atomic mass is 35.5. The molecule has 1 N–H and O–H groups in total. The summed E-state index contributed by atoms with van der Waals surface area (Å²) >= 11 is 6.45. The van der Waals surface area contributed by atoms with E-state index in [1.807, 2.05) is 25.2 Å². The van der Waals surface area contributed by atoms with Crippen LogP contribution in [0.1, 0.15) is 31.0 Å². The van der Waals surface area contributed by atoms with E-state index in [0.717, 1.165) is 25.1 Å². The fraction of sp³-hybridized carbons (Fsp3) is 0.250. The largest absolute Gasteiger partial charge is 0.486 e. The quantitative estimate of drug-likeness (QED) is 0.192. The van der Waals surface area contributed by atoms with Crippen LogP contribution < -0.4 is 10.1 Å². The van der Waals surface area contributed by atoms with E-state index >= 15 is 0 Å². The molecule has 0 radical (unpaired) electrons. The minimum atomic E-state index is -0.425. The second-order valence-electron chi connectivity index (χ2n) is 9.29. The maximum Gasteiger partial charge on any atom is 0.285 e. The normalized spacial score (nSPS) is 17.1. The number of aromatic nitrogens is 3.